The topological polar surface area (TPSA) is 72.5 Å². The number of carbonyl (C=O) groups excluding carboxylic acids is 1. The Morgan fingerprint density at radius 2 is 2.07 bits per heavy atom. The molecule has 0 aromatic heterocycles. The van der Waals surface area contributed by atoms with E-state index in [1.54, 1.807) is 12.1 Å². The average molecular weight is 209 g/mol. The van der Waals surface area contributed by atoms with Crippen LogP contribution in [0.3, 0.4) is 0 Å². The molecule has 0 saturated heterocycles. The van der Waals surface area contributed by atoms with Gasteiger partial charge in [0, 0.05) is 0 Å². The lowest BCUT2D eigenvalue weighted by Gasteiger charge is -2.08. The summed E-state index contributed by atoms with van der Waals surface area (Å²) in [5.74, 6) is -0.269. The Labute approximate surface area is 88.7 Å². The molecular formula is C11H15NO3. The van der Waals surface area contributed by atoms with Gasteiger partial charge in [-0.2, -0.15) is 0 Å². The third kappa shape index (κ3) is 3.34. The van der Waals surface area contributed by atoms with Gasteiger partial charge in [0.05, 0.1) is 26.2 Å². The molecular weight excluding hydrogens is 194 g/mol. The first kappa shape index (κ1) is 11.7. The molecule has 82 valence electrons. The van der Waals surface area contributed by atoms with Gasteiger partial charge in [0.15, 0.2) is 0 Å². The van der Waals surface area contributed by atoms with Crippen LogP contribution in [0.2, 0.25) is 0 Å². The van der Waals surface area contributed by atoms with Crippen LogP contribution in [0.5, 0.6) is 0 Å². The molecule has 1 unspecified atom stereocenters. The first-order valence-corrected chi connectivity index (χ1v) is 4.69. The Morgan fingerprint density at radius 3 is 2.53 bits per heavy atom. The maximum atomic E-state index is 11.0. The largest absolute Gasteiger partial charge is 0.469 e. The number of benzene rings is 1. The Hall–Kier alpha value is -1.39. The monoisotopic (exact) mass is 209 g/mol. The molecule has 4 heteroatoms. The van der Waals surface area contributed by atoms with Crippen molar-refractivity contribution < 1.29 is 14.6 Å². The lowest BCUT2D eigenvalue weighted by atomic mass is 10.0. The van der Waals surface area contributed by atoms with Crippen molar-refractivity contribution in [1.29, 1.82) is 0 Å². The number of aliphatic hydroxyl groups excluding tert-OH is 1. The van der Waals surface area contributed by atoms with Crippen LogP contribution in [0.15, 0.2) is 24.3 Å². The third-order valence-electron chi connectivity index (χ3n) is 2.18. The quantitative estimate of drug-likeness (QED) is 0.704. The summed E-state index contributed by atoms with van der Waals surface area (Å²) in [6.07, 6.45) is 0.255. The third-order valence-corrected chi connectivity index (χ3v) is 2.18. The van der Waals surface area contributed by atoms with E-state index in [0.29, 0.717) is 0 Å². The first-order valence-electron chi connectivity index (χ1n) is 4.69. The molecule has 3 N–H and O–H groups in total. The fourth-order valence-corrected chi connectivity index (χ4v) is 1.23. The molecule has 0 fully saturated rings. The van der Waals surface area contributed by atoms with E-state index in [9.17, 15) is 4.79 Å². The molecule has 1 aromatic rings. The van der Waals surface area contributed by atoms with Crippen molar-refractivity contribution in [3.63, 3.8) is 0 Å². The molecule has 15 heavy (non-hydrogen) atoms. The Morgan fingerprint density at radius 1 is 1.47 bits per heavy atom. The minimum absolute atomic E-state index is 0.0870. The summed E-state index contributed by atoms with van der Waals surface area (Å²) in [6.45, 7) is -0.0870. The number of esters is 1. The summed E-state index contributed by atoms with van der Waals surface area (Å²) in [7, 11) is 1.36. The molecule has 0 bridgehead atoms. The van der Waals surface area contributed by atoms with E-state index >= 15 is 0 Å². The van der Waals surface area contributed by atoms with Crippen LogP contribution in [0.1, 0.15) is 17.2 Å². The van der Waals surface area contributed by atoms with E-state index in [1.165, 1.54) is 7.11 Å². The predicted octanol–water partition coefficient (Wildman–Crippen LogP) is 0.394. The van der Waals surface area contributed by atoms with Crippen LogP contribution in [0.25, 0.3) is 0 Å². The molecule has 1 aromatic carbocycles. The van der Waals surface area contributed by atoms with E-state index in [4.69, 9.17) is 10.8 Å². The highest BCUT2D eigenvalue weighted by atomic mass is 16.5. The molecule has 0 spiro atoms. The summed E-state index contributed by atoms with van der Waals surface area (Å²) in [5.41, 5.74) is 7.35. The zero-order valence-corrected chi connectivity index (χ0v) is 8.64. The summed E-state index contributed by atoms with van der Waals surface area (Å²) < 4.78 is 4.55. The molecule has 0 aliphatic carbocycles. The molecule has 0 aliphatic rings. The number of methoxy groups -OCH3 is 1. The average Bonchev–Trinajstić information content (AvgIpc) is 2.29. The SMILES string of the molecule is COC(=O)Cc1ccc(C(N)CO)cc1. The van der Waals surface area contributed by atoms with Gasteiger partial charge in [-0.25, -0.2) is 0 Å². The van der Waals surface area contributed by atoms with Crippen LogP contribution in [0.4, 0.5) is 0 Å². The number of ether oxygens (including phenoxy) is 1. The number of nitrogens with two attached hydrogens (primary N) is 1. The van der Waals surface area contributed by atoms with Gasteiger partial charge in [-0.1, -0.05) is 24.3 Å². The van der Waals surface area contributed by atoms with Crippen LogP contribution in [-0.4, -0.2) is 24.8 Å². The fourth-order valence-electron chi connectivity index (χ4n) is 1.23. The smallest absolute Gasteiger partial charge is 0.309 e. The van der Waals surface area contributed by atoms with Gasteiger partial charge in [-0.05, 0) is 11.1 Å². The van der Waals surface area contributed by atoms with Crippen molar-refractivity contribution in [3.05, 3.63) is 35.4 Å². The number of hydrogen-bond donors (Lipinski definition) is 2. The standard InChI is InChI=1S/C11H15NO3/c1-15-11(14)6-8-2-4-9(5-3-8)10(12)7-13/h2-5,10,13H,6-7,12H2,1H3. The van der Waals surface area contributed by atoms with E-state index in [0.717, 1.165) is 11.1 Å². The molecule has 0 radical (unpaired) electrons. The number of aliphatic hydroxyl groups is 1. The number of rotatable bonds is 4. The van der Waals surface area contributed by atoms with Gasteiger partial charge in [-0.3, -0.25) is 4.79 Å². The van der Waals surface area contributed by atoms with Crippen LogP contribution < -0.4 is 5.73 Å². The van der Waals surface area contributed by atoms with Crippen LogP contribution >= 0.6 is 0 Å². The van der Waals surface area contributed by atoms with Crippen molar-refractivity contribution in [2.75, 3.05) is 13.7 Å². The number of carbonyl (C=O) groups is 1. The minimum atomic E-state index is -0.364. The van der Waals surface area contributed by atoms with Crippen molar-refractivity contribution in [2.45, 2.75) is 12.5 Å². The second kappa shape index (κ2) is 5.48. The Kier molecular flexibility index (Phi) is 4.27. The van der Waals surface area contributed by atoms with Crippen molar-refractivity contribution in [2.24, 2.45) is 5.73 Å². The molecule has 0 heterocycles. The second-order valence-electron chi connectivity index (χ2n) is 3.28. The molecule has 0 saturated carbocycles. The summed E-state index contributed by atoms with van der Waals surface area (Å²) in [4.78, 5) is 11.0. The molecule has 1 rings (SSSR count). The minimum Gasteiger partial charge on any atom is -0.469 e. The van der Waals surface area contributed by atoms with E-state index in [-0.39, 0.29) is 25.0 Å². The zero-order valence-electron chi connectivity index (χ0n) is 8.64. The van der Waals surface area contributed by atoms with Gasteiger partial charge >= 0.3 is 5.97 Å². The summed E-state index contributed by atoms with van der Waals surface area (Å²) in [5, 5.41) is 8.84. The Balaban J connectivity index is 2.68. The van der Waals surface area contributed by atoms with Gasteiger partial charge in [0.25, 0.3) is 0 Å². The normalized spacial score (nSPS) is 12.2. The lowest BCUT2D eigenvalue weighted by Crippen LogP contribution is -2.14. The van der Waals surface area contributed by atoms with Gasteiger partial charge in [0.1, 0.15) is 0 Å². The highest BCUT2D eigenvalue weighted by Gasteiger charge is 2.05. The molecule has 4 nitrogen and oxygen atoms in total. The van der Waals surface area contributed by atoms with Crippen molar-refractivity contribution in [1.82, 2.24) is 0 Å². The van der Waals surface area contributed by atoms with E-state index in [1.807, 2.05) is 12.1 Å². The van der Waals surface area contributed by atoms with E-state index in [2.05, 4.69) is 4.74 Å². The van der Waals surface area contributed by atoms with Gasteiger partial charge in [0.2, 0.25) is 0 Å². The van der Waals surface area contributed by atoms with Crippen LogP contribution in [-0.2, 0) is 16.0 Å². The van der Waals surface area contributed by atoms with Crippen molar-refractivity contribution >= 4 is 5.97 Å². The van der Waals surface area contributed by atoms with Crippen LogP contribution in [0, 0.1) is 0 Å². The molecule has 0 aliphatic heterocycles. The predicted molar refractivity (Wildman–Crippen MR) is 56.2 cm³/mol. The lowest BCUT2D eigenvalue weighted by molar-refractivity contribution is -0.139. The summed E-state index contributed by atoms with van der Waals surface area (Å²) in [6, 6.07) is 6.86. The first-order chi connectivity index (χ1) is 7.17. The number of hydrogen-bond acceptors (Lipinski definition) is 4. The van der Waals surface area contributed by atoms with Gasteiger partial charge < -0.3 is 15.6 Å². The van der Waals surface area contributed by atoms with Gasteiger partial charge in [-0.15, -0.1) is 0 Å². The highest BCUT2D eigenvalue weighted by molar-refractivity contribution is 5.72. The second-order valence-corrected chi connectivity index (χ2v) is 3.28. The van der Waals surface area contributed by atoms with E-state index < -0.39 is 0 Å². The molecule has 0 amide bonds. The highest BCUT2D eigenvalue weighted by Crippen LogP contribution is 2.11. The summed E-state index contributed by atoms with van der Waals surface area (Å²) >= 11 is 0. The van der Waals surface area contributed by atoms with Crippen molar-refractivity contribution in [3.8, 4) is 0 Å². The molecule has 1 atom stereocenters. The maximum absolute atomic E-state index is 11.0. The maximum Gasteiger partial charge on any atom is 0.309 e. The zero-order chi connectivity index (χ0) is 11.3. The Bertz CT molecular complexity index is 321. The fraction of sp³-hybridized carbons (Fsp3) is 0.364.